The van der Waals surface area contributed by atoms with Gasteiger partial charge in [0.05, 0.1) is 33.6 Å². The fraction of sp³-hybridized carbons (Fsp3) is 0.571. The average Bonchev–Trinajstić information content (AvgIpc) is 3.39. The Morgan fingerprint density at radius 1 is 1.37 bits per heavy atom. The van der Waals surface area contributed by atoms with Crippen LogP contribution in [0.5, 0.6) is 0 Å². The second kappa shape index (κ2) is 11.1. The second-order valence-corrected chi connectivity index (χ2v) is 11.6. The topological polar surface area (TPSA) is 174 Å². The highest BCUT2D eigenvalue weighted by Crippen LogP contribution is 2.39. The van der Waals surface area contributed by atoms with Crippen molar-refractivity contribution in [1.82, 2.24) is 9.97 Å². The molecule has 2 aromatic rings. The quantitative estimate of drug-likeness (QED) is 0.338. The van der Waals surface area contributed by atoms with E-state index in [1.165, 1.54) is 12.5 Å². The van der Waals surface area contributed by atoms with Crippen molar-refractivity contribution in [3.8, 4) is 0 Å². The molecule has 1 saturated heterocycles. The second-order valence-electron chi connectivity index (χ2n) is 8.77. The molecule has 2 aromatic heterocycles. The summed E-state index contributed by atoms with van der Waals surface area (Å²) in [5.41, 5.74) is 0.742. The third kappa shape index (κ3) is 6.54. The molecule has 11 nitrogen and oxygen atoms in total. The van der Waals surface area contributed by atoms with E-state index < -0.39 is 28.4 Å². The van der Waals surface area contributed by atoms with Gasteiger partial charge in [-0.25, -0.2) is 15.1 Å². The lowest BCUT2D eigenvalue weighted by atomic mass is 9.90. The first-order chi connectivity index (χ1) is 16.6. The van der Waals surface area contributed by atoms with Crippen molar-refractivity contribution in [2.45, 2.75) is 43.9 Å². The molecule has 1 aliphatic carbocycles. The molecule has 4 rings (SSSR count). The Labute approximate surface area is 211 Å². The van der Waals surface area contributed by atoms with Crippen LogP contribution >= 0.6 is 22.9 Å². The van der Waals surface area contributed by atoms with Crippen LogP contribution in [0.15, 0.2) is 18.6 Å². The number of aromatic nitrogens is 2. The molecule has 4 atom stereocenters. The van der Waals surface area contributed by atoms with Crippen molar-refractivity contribution in [3.05, 3.63) is 38.9 Å². The molecule has 0 radical (unpaired) electrons. The van der Waals surface area contributed by atoms with Gasteiger partial charge in [0.25, 0.3) is 0 Å². The molecule has 1 saturated carbocycles. The van der Waals surface area contributed by atoms with Crippen molar-refractivity contribution in [2.24, 2.45) is 17.0 Å². The van der Waals surface area contributed by atoms with Crippen LogP contribution in [0.4, 0.5) is 5.82 Å². The van der Waals surface area contributed by atoms with E-state index in [9.17, 15) is 23.4 Å². The predicted molar refractivity (Wildman–Crippen MR) is 128 cm³/mol. The van der Waals surface area contributed by atoms with E-state index in [0.717, 1.165) is 11.3 Å². The standard InChI is InChI=1S/C21H27ClN4O7S2/c22-20-14(18(28)11-1-3-32-4-2-11)7-17(34-20)19(29)15-8-24-10-25-21(15)26-13-5-12(16(27)6-13)9-33-35(23,30)31/h7-8,10-13,16,18,27-28H,1-6,9H2,(H2,23,30,31)(H,24,25,26)/t12-,13-,16+,18+/m1/s1. The molecule has 0 unspecified atom stereocenters. The van der Waals surface area contributed by atoms with Gasteiger partial charge >= 0.3 is 10.3 Å². The van der Waals surface area contributed by atoms with Gasteiger partial charge in [-0.15, -0.1) is 11.3 Å². The Morgan fingerprint density at radius 3 is 2.83 bits per heavy atom. The van der Waals surface area contributed by atoms with Crippen LogP contribution in [-0.2, 0) is 19.2 Å². The molecule has 0 aromatic carbocycles. The van der Waals surface area contributed by atoms with E-state index in [1.807, 2.05) is 0 Å². The van der Waals surface area contributed by atoms with Gasteiger partial charge in [0.2, 0.25) is 5.78 Å². The molecule has 1 aliphatic heterocycles. The van der Waals surface area contributed by atoms with Crippen LogP contribution in [0.2, 0.25) is 4.34 Å². The number of hydrogen-bond donors (Lipinski definition) is 4. The van der Waals surface area contributed by atoms with Crippen molar-refractivity contribution in [3.63, 3.8) is 0 Å². The highest BCUT2D eigenvalue weighted by atomic mass is 35.5. The Morgan fingerprint density at radius 2 is 2.11 bits per heavy atom. The van der Waals surface area contributed by atoms with Gasteiger partial charge in [0.15, 0.2) is 0 Å². The lowest BCUT2D eigenvalue weighted by Gasteiger charge is -2.26. The third-order valence-corrected chi connectivity index (χ3v) is 8.22. The number of halogens is 1. The molecule has 0 spiro atoms. The number of hydrogen-bond acceptors (Lipinski definition) is 11. The van der Waals surface area contributed by atoms with E-state index in [1.54, 1.807) is 6.07 Å². The number of nitrogens with zero attached hydrogens (tertiary/aromatic N) is 2. The number of ketones is 1. The molecule has 3 heterocycles. The highest BCUT2D eigenvalue weighted by molar-refractivity contribution is 7.84. The highest BCUT2D eigenvalue weighted by Gasteiger charge is 2.35. The third-order valence-electron chi connectivity index (χ3n) is 6.37. The van der Waals surface area contributed by atoms with Gasteiger partial charge in [0.1, 0.15) is 12.1 Å². The predicted octanol–water partition coefficient (Wildman–Crippen LogP) is 1.65. The smallest absolute Gasteiger partial charge is 0.333 e. The van der Waals surface area contributed by atoms with Crippen molar-refractivity contribution < 1.29 is 32.3 Å². The molecule has 0 amide bonds. The van der Waals surface area contributed by atoms with E-state index >= 15 is 0 Å². The number of ether oxygens (including phenoxy) is 1. The number of carbonyl (C=O) groups is 1. The van der Waals surface area contributed by atoms with Crippen LogP contribution in [0, 0.1) is 11.8 Å². The number of aliphatic hydroxyl groups is 2. The lowest BCUT2D eigenvalue weighted by molar-refractivity contribution is 0.00736. The van der Waals surface area contributed by atoms with Gasteiger partial charge in [-0.05, 0) is 37.7 Å². The van der Waals surface area contributed by atoms with Crippen LogP contribution in [0.1, 0.15) is 52.6 Å². The number of aliphatic hydroxyl groups excluding tert-OH is 2. The Balaban J connectivity index is 1.47. The zero-order valence-electron chi connectivity index (χ0n) is 18.7. The van der Waals surface area contributed by atoms with Gasteiger partial charge in [-0.2, -0.15) is 8.42 Å². The minimum absolute atomic E-state index is 0.0102. The Hall–Kier alpha value is -1.71. The first-order valence-corrected chi connectivity index (χ1v) is 13.8. The largest absolute Gasteiger partial charge is 0.393 e. The molecule has 192 valence electrons. The SMILES string of the molecule is NS(=O)(=O)OC[C@H]1C[C@@H](Nc2ncncc2C(=O)c2cc([C@@H](O)C3CCOCC3)c(Cl)s2)C[C@@H]1O. The number of rotatable bonds is 9. The maximum atomic E-state index is 13.3. The minimum atomic E-state index is -4.11. The minimum Gasteiger partial charge on any atom is -0.393 e. The van der Waals surface area contributed by atoms with Gasteiger partial charge < -0.3 is 20.3 Å². The molecule has 14 heteroatoms. The summed E-state index contributed by atoms with van der Waals surface area (Å²) < 4.78 is 32.4. The molecule has 5 N–H and O–H groups in total. The summed E-state index contributed by atoms with van der Waals surface area (Å²) in [7, 11) is -4.11. The van der Waals surface area contributed by atoms with E-state index in [4.69, 9.17) is 21.5 Å². The monoisotopic (exact) mass is 546 g/mol. The number of nitrogens with two attached hydrogens (primary N) is 1. The van der Waals surface area contributed by atoms with Gasteiger partial charge in [-0.1, -0.05) is 11.6 Å². The van der Waals surface area contributed by atoms with Crippen LogP contribution in [0.3, 0.4) is 0 Å². The fourth-order valence-corrected chi connectivity index (χ4v) is 6.16. The molecule has 35 heavy (non-hydrogen) atoms. The summed E-state index contributed by atoms with van der Waals surface area (Å²) in [6, 6.07) is 1.34. The number of carbonyl (C=O) groups excluding carboxylic acids is 1. The first kappa shape index (κ1) is 26.4. The maximum absolute atomic E-state index is 13.3. The Kier molecular flexibility index (Phi) is 8.38. The summed E-state index contributed by atoms with van der Waals surface area (Å²) in [4.78, 5) is 21.8. The van der Waals surface area contributed by atoms with E-state index in [-0.39, 0.29) is 35.7 Å². The van der Waals surface area contributed by atoms with Crippen LogP contribution in [0.25, 0.3) is 0 Å². The van der Waals surface area contributed by atoms with Crippen molar-refractivity contribution in [1.29, 1.82) is 0 Å². The summed E-state index contributed by atoms with van der Waals surface area (Å²) >= 11 is 7.49. The van der Waals surface area contributed by atoms with Crippen LogP contribution < -0.4 is 10.5 Å². The van der Waals surface area contributed by atoms with Crippen molar-refractivity contribution >= 4 is 44.8 Å². The number of anilines is 1. The molecule has 2 fully saturated rings. The lowest BCUT2D eigenvalue weighted by Crippen LogP contribution is -2.24. The fourth-order valence-electron chi connectivity index (χ4n) is 4.50. The maximum Gasteiger partial charge on any atom is 0.333 e. The molecular weight excluding hydrogens is 520 g/mol. The normalized spacial score (nSPS) is 24.4. The van der Waals surface area contributed by atoms with Crippen LogP contribution in [-0.4, -0.2) is 66.3 Å². The first-order valence-electron chi connectivity index (χ1n) is 11.1. The molecular formula is C21H27ClN4O7S2. The summed E-state index contributed by atoms with van der Waals surface area (Å²) in [5.74, 6) is -0.502. The Bertz CT molecular complexity index is 1160. The summed E-state index contributed by atoms with van der Waals surface area (Å²) in [6.07, 6.45) is 3.23. The summed E-state index contributed by atoms with van der Waals surface area (Å²) in [6.45, 7) is 0.923. The van der Waals surface area contributed by atoms with E-state index in [2.05, 4.69) is 19.5 Å². The molecule has 2 aliphatic rings. The average molecular weight is 547 g/mol. The zero-order chi connectivity index (χ0) is 25.2. The van der Waals surface area contributed by atoms with Gasteiger partial charge in [0, 0.05) is 36.9 Å². The summed E-state index contributed by atoms with van der Waals surface area (Å²) in [5, 5.41) is 29.1. The van der Waals surface area contributed by atoms with E-state index in [0.29, 0.717) is 53.7 Å². The zero-order valence-corrected chi connectivity index (χ0v) is 21.1. The number of thiophene rings is 1. The molecule has 0 bridgehead atoms. The van der Waals surface area contributed by atoms with Crippen molar-refractivity contribution in [2.75, 3.05) is 25.1 Å². The van der Waals surface area contributed by atoms with Gasteiger partial charge in [-0.3, -0.25) is 8.98 Å². The number of nitrogens with one attached hydrogen (secondary N) is 1.